The van der Waals surface area contributed by atoms with Gasteiger partial charge in [0, 0.05) is 25.3 Å². The number of hydrogen-bond donors (Lipinski definition) is 1. The second-order valence-electron chi connectivity index (χ2n) is 6.28. The molecule has 0 aliphatic carbocycles. The van der Waals surface area contributed by atoms with E-state index in [9.17, 15) is 13.2 Å². The van der Waals surface area contributed by atoms with Crippen molar-refractivity contribution in [3.8, 4) is 0 Å². The molecular weight excluding hydrogens is 348 g/mol. The summed E-state index contributed by atoms with van der Waals surface area (Å²) in [6.45, 7) is 1.73. The van der Waals surface area contributed by atoms with Crippen LogP contribution >= 0.6 is 0 Å². The highest BCUT2D eigenvalue weighted by Crippen LogP contribution is 2.23. The van der Waals surface area contributed by atoms with Crippen molar-refractivity contribution in [3.63, 3.8) is 0 Å². The zero-order chi connectivity index (χ0) is 18.9. The van der Waals surface area contributed by atoms with Crippen LogP contribution < -0.4 is 5.32 Å². The Kier molecular flexibility index (Phi) is 4.80. The number of anilines is 1. The van der Waals surface area contributed by atoms with Gasteiger partial charge in [-0.05, 0) is 47.5 Å². The number of aryl methyl sites for hydroxylation is 1. The van der Waals surface area contributed by atoms with E-state index in [1.54, 1.807) is 25.1 Å². The number of sulfonamides is 1. The minimum Gasteiger partial charge on any atom is -0.322 e. The number of nitrogens with zero attached hydrogens (tertiary/aromatic N) is 1. The topological polar surface area (TPSA) is 66.5 Å². The smallest absolute Gasteiger partial charge is 0.255 e. The van der Waals surface area contributed by atoms with Crippen LogP contribution in [0.2, 0.25) is 0 Å². The molecule has 0 unspecified atom stereocenters. The van der Waals surface area contributed by atoms with Crippen molar-refractivity contribution in [2.24, 2.45) is 0 Å². The average molecular weight is 368 g/mol. The Morgan fingerprint density at radius 1 is 0.923 bits per heavy atom. The summed E-state index contributed by atoms with van der Waals surface area (Å²) >= 11 is 0. The first-order chi connectivity index (χ1) is 12.3. The third-order valence-electron chi connectivity index (χ3n) is 4.22. The molecule has 0 atom stereocenters. The monoisotopic (exact) mass is 368 g/mol. The molecule has 3 aromatic rings. The number of nitrogens with one attached hydrogen (secondary N) is 1. The van der Waals surface area contributed by atoms with E-state index in [0.29, 0.717) is 16.8 Å². The molecule has 0 bridgehead atoms. The van der Waals surface area contributed by atoms with E-state index in [-0.39, 0.29) is 10.8 Å². The van der Waals surface area contributed by atoms with Gasteiger partial charge in [0.25, 0.3) is 5.91 Å². The van der Waals surface area contributed by atoms with Crippen molar-refractivity contribution in [2.75, 3.05) is 19.4 Å². The Morgan fingerprint density at radius 3 is 2.31 bits per heavy atom. The molecule has 0 saturated heterocycles. The quantitative estimate of drug-likeness (QED) is 0.764. The third kappa shape index (κ3) is 3.47. The standard InChI is InChI=1S/C20H20N2O3S/c1-14-8-11-18(13-19(14)26(24,25)22(2)3)21-20(23)17-10-9-15-6-4-5-7-16(15)12-17/h4-13H,1-3H3,(H,21,23). The molecule has 3 aromatic carbocycles. The number of rotatable bonds is 4. The molecule has 0 aromatic heterocycles. The van der Waals surface area contributed by atoms with Crippen LogP contribution in [0.4, 0.5) is 5.69 Å². The SMILES string of the molecule is Cc1ccc(NC(=O)c2ccc3ccccc3c2)cc1S(=O)(=O)N(C)C. The molecule has 26 heavy (non-hydrogen) atoms. The number of hydrogen-bond acceptors (Lipinski definition) is 3. The van der Waals surface area contributed by atoms with Crippen LogP contribution in [0.3, 0.4) is 0 Å². The molecule has 0 radical (unpaired) electrons. The van der Waals surface area contributed by atoms with Gasteiger partial charge in [0.05, 0.1) is 4.90 Å². The number of amides is 1. The molecule has 0 saturated carbocycles. The van der Waals surface area contributed by atoms with Gasteiger partial charge in [-0.3, -0.25) is 4.79 Å². The first kappa shape index (κ1) is 18.1. The van der Waals surface area contributed by atoms with Crippen molar-refractivity contribution in [3.05, 3.63) is 71.8 Å². The van der Waals surface area contributed by atoms with E-state index in [1.165, 1.54) is 20.2 Å². The first-order valence-corrected chi connectivity index (χ1v) is 9.56. The van der Waals surface area contributed by atoms with Crippen LogP contribution in [0.1, 0.15) is 15.9 Å². The maximum Gasteiger partial charge on any atom is 0.255 e. The predicted molar refractivity (Wildman–Crippen MR) is 104 cm³/mol. The predicted octanol–water partition coefficient (Wildman–Crippen LogP) is 3.65. The summed E-state index contributed by atoms with van der Waals surface area (Å²) in [4.78, 5) is 12.7. The van der Waals surface area contributed by atoms with Gasteiger partial charge < -0.3 is 5.32 Å². The lowest BCUT2D eigenvalue weighted by atomic mass is 10.1. The minimum atomic E-state index is -3.58. The van der Waals surface area contributed by atoms with Gasteiger partial charge in [0.15, 0.2) is 0 Å². The summed E-state index contributed by atoms with van der Waals surface area (Å²) in [7, 11) is -0.615. The van der Waals surface area contributed by atoms with Gasteiger partial charge in [-0.15, -0.1) is 0 Å². The highest BCUT2D eigenvalue weighted by Gasteiger charge is 2.20. The van der Waals surface area contributed by atoms with Crippen LogP contribution in [-0.2, 0) is 10.0 Å². The first-order valence-electron chi connectivity index (χ1n) is 8.12. The molecule has 134 valence electrons. The molecule has 3 rings (SSSR count). The second kappa shape index (κ2) is 6.90. The van der Waals surface area contributed by atoms with Crippen molar-refractivity contribution in [1.29, 1.82) is 0 Å². The van der Waals surface area contributed by atoms with Crippen LogP contribution in [0.25, 0.3) is 10.8 Å². The van der Waals surface area contributed by atoms with Crippen molar-refractivity contribution >= 4 is 32.4 Å². The highest BCUT2D eigenvalue weighted by molar-refractivity contribution is 7.89. The molecule has 0 aliphatic heterocycles. The fourth-order valence-corrected chi connectivity index (χ4v) is 3.83. The maximum absolute atomic E-state index is 12.6. The largest absolute Gasteiger partial charge is 0.322 e. The van der Waals surface area contributed by atoms with Gasteiger partial charge in [0.1, 0.15) is 0 Å². The summed E-state index contributed by atoms with van der Waals surface area (Å²) in [6, 6.07) is 18.1. The fourth-order valence-electron chi connectivity index (χ4n) is 2.69. The minimum absolute atomic E-state index is 0.179. The molecule has 0 aliphatic rings. The summed E-state index contributed by atoms with van der Waals surface area (Å²) in [6.07, 6.45) is 0. The van der Waals surface area contributed by atoms with Gasteiger partial charge in [-0.1, -0.05) is 36.4 Å². The Morgan fingerprint density at radius 2 is 1.62 bits per heavy atom. The number of carbonyl (C=O) groups excluding carboxylic acids is 1. The maximum atomic E-state index is 12.6. The number of fused-ring (bicyclic) bond motifs is 1. The van der Waals surface area contributed by atoms with E-state index in [0.717, 1.165) is 15.1 Å². The summed E-state index contributed by atoms with van der Waals surface area (Å²) in [5, 5.41) is 4.81. The molecule has 0 heterocycles. The van der Waals surface area contributed by atoms with E-state index >= 15 is 0 Å². The van der Waals surface area contributed by atoms with Crippen LogP contribution in [0, 0.1) is 6.92 Å². The Hall–Kier alpha value is -2.70. The highest BCUT2D eigenvalue weighted by atomic mass is 32.2. The van der Waals surface area contributed by atoms with Gasteiger partial charge in [0.2, 0.25) is 10.0 Å². The summed E-state index contributed by atoms with van der Waals surface area (Å²) in [5.74, 6) is -0.284. The second-order valence-corrected chi connectivity index (χ2v) is 8.40. The van der Waals surface area contributed by atoms with Crippen molar-refractivity contribution in [2.45, 2.75) is 11.8 Å². The molecule has 0 fully saturated rings. The molecular formula is C20H20N2O3S. The average Bonchev–Trinajstić information content (AvgIpc) is 2.62. The zero-order valence-corrected chi connectivity index (χ0v) is 15.7. The summed E-state index contributed by atoms with van der Waals surface area (Å²) < 4.78 is 26.0. The Bertz CT molecular complexity index is 1090. The van der Waals surface area contributed by atoms with E-state index in [1.807, 2.05) is 36.4 Å². The zero-order valence-electron chi connectivity index (χ0n) is 14.9. The lowest BCUT2D eigenvalue weighted by molar-refractivity contribution is 0.102. The molecule has 1 N–H and O–H groups in total. The normalized spacial score (nSPS) is 11.7. The van der Waals surface area contributed by atoms with Crippen molar-refractivity contribution < 1.29 is 13.2 Å². The third-order valence-corrected chi connectivity index (χ3v) is 6.17. The van der Waals surface area contributed by atoms with Crippen molar-refractivity contribution in [1.82, 2.24) is 4.31 Å². The number of carbonyl (C=O) groups is 1. The fraction of sp³-hybridized carbons (Fsp3) is 0.150. The Balaban J connectivity index is 1.91. The van der Waals surface area contributed by atoms with E-state index in [2.05, 4.69) is 5.32 Å². The summed E-state index contributed by atoms with van der Waals surface area (Å²) in [5.41, 5.74) is 1.58. The van der Waals surface area contributed by atoms with Gasteiger partial charge in [-0.25, -0.2) is 12.7 Å². The molecule has 0 spiro atoms. The van der Waals surface area contributed by atoms with Gasteiger partial charge >= 0.3 is 0 Å². The van der Waals surface area contributed by atoms with E-state index in [4.69, 9.17) is 0 Å². The van der Waals surface area contributed by atoms with Crippen LogP contribution in [0.15, 0.2) is 65.6 Å². The Labute approximate surface area is 153 Å². The number of benzene rings is 3. The van der Waals surface area contributed by atoms with E-state index < -0.39 is 10.0 Å². The lowest BCUT2D eigenvalue weighted by Gasteiger charge is -2.15. The molecule has 1 amide bonds. The van der Waals surface area contributed by atoms with Gasteiger partial charge in [-0.2, -0.15) is 0 Å². The molecule has 5 nitrogen and oxygen atoms in total. The molecule has 6 heteroatoms. The van der Waals surface area contributed by atoms with Crippen LogP contribution in [-0.4, -0.2) is 32.7 Å². The lowest BCUT2D eigenvalue weighted by Crippen LogP contribution is -2.23. The van der Waals surface area contributed by atoms with Crippen LogP contribution in [0.5, 0.6) is 0 Å².